The first-order chi connectivity index (χ1) is 5.41. The molecule has 0 amide bonds. The molecule has 0 saturated heterocycles. The van der Waals surface area contributed by atoms with Crippen LogP contribution in [0.2, 0.25) is 0 Å². The zero-order valence-corrected chi connectivity index (χ0v) is 7.42. The van der Waals surface area contributed by atoms with Crippen molar-refractivity contribution in [3.63, 3.8) is 0 Å². The lowest BCUT2D eigenvalue weighted by Gasteiger charge is -1.89. The molecule has 0 heteroatoms. The zero-order valence-electron chi connectivity index (χ0n) is 7.42. The maximum Gasteiger partial charge on any atom is -0.0348 e. The van der Waals surface area contributed by atoms with Gasteiger partial charge in [0.15, 0.2) is 0 Å². The van der Waals surface area contributed by atoms with Crippen LogP contribution < -0.4 is 0 Å². The molecule has 0 fully saturated rings. The van der Waals surface area contributed by atoms with Gasteiger partial charge in [-0.05, 0) is 12.8 Å². The summed E-state index contributed by atoms with van der Waals surface area (Å²) < 4.78 is 0. The van der Waals surface area contributed by atoms with E-state index in [0.717, 1.165) is 0 Å². The Hall–Kier alpha value is -0.780. The molecule has 0 N–H and O–H groups in total. The van der Waals surface area contributed by atoms with Crippen molar-refractivity contribution < 1.29 is 0 Å². The van der Waals surface area contributed by atoms with Crippen molar-refractivity contribution in [1.29, 1.82) is 0 Å². The first-order valence-electron chi connectivity index (χ1n) is 4.36. The van der Waals surface area contributed by atoms with Gasteiger partial charge in [-0.3, -0.25) is 0 Å². The van der Waals surface area contributed by atoms with E-state index in [0.29, 0.717) is 0 Å². The van der Waals surface area contributed by atoms with Gasteiger partial charge in [-0.2, -0.15) is 0 Å². The average molecular weight is 150 g/mol. The number of unbranched alkanes of at least 4 members (excludes halogenated alkanes) is 3. The van der Waals surface area contributed by atoms with Gasteiger partial charge in [-0.25, -0.2) is 0 Å². The third-order valence-electron chi connectivity index (χ3n) is 1.47. The van der Waals surface area contributed by atoms with Crippen LogP contribution in [0.3, 0.4) is 0 Å². The third kappa shape index (κ3) is 9.22. The average Bonchev–Trinajstić information content (AvgIpc) is 2.03. The summed E-state index contributed by atoms with van der Waals surface area (Å²) in [7, 11) is 0. The number of hydrogen-bond acceptors (Lipinski definition) is 0. The molecule has 0 saturated carbocycles. The molecule has 0 heterocycles. The summed E-state index contributed by atoms with van der Waals surface area (Å²) in [4.78, 5) is 0. The summed E-state index contributed by atoms with van der Waals surface area (Å²) in [5.41, 5.74) is 0. The summed E-state index contributed by atoms with van der Waals surface area (Å²) >= 11 is 0. The fraction of sp³-hybridized carbons (Fsp3) is 0.455. The Labute approximate surface area is 70.3 Å². The first-order valence-corrected chi connectivity index (χ1v) is 4.36. The minimum atomic E-state index is 1.20. The minimum absolute atomic E-state index is 1.20. The highest BCUT2D eigenvalue weighted by molar-refractivity contribution is 5.08. The largest absolute Gasteiger partial charge is 0.0991 e. The molecular formula is C11H18. The molecule has 0 aliphatic rings. The molecular weight excluding hydrogens is 132 g/mol. The van der Waals surface area contributed by atoms with E-state index in [1.807, 2.05) is 12.2 Å². The normalized spacial score (nSPS) is 11.4. The van der Waals surface area contributed by atoms with E-state index in [1.54, 1.807) is 6.08 Å². The van der Waals surface area contributed by atoms with Crippen molar-refractivity contribution in [1.82, 2.24) is 0 Å². The third-order valence-corrected chi connectivity index (χ3v) is 1.47. The predicted octanol–water partition coefficient (Wildman–Crippen LogP) is 3.87. The second kappa shape index (κ2) is 9.22. The van der Waals surface area contributed by atoms with E-state index in [-0.39, 0.29) is 0 Å². The lowest BCUT2D eigenvalue weighted by Crippen LogP contribution is -1.69. The van der Waals surface area contributed by atoms with Crippen LogP contribution in [0.5, 0.6) is 0 Å². The lowest BCUT2D eigenvalue weighted by molar-refractivity contribution is 0.729. The fourth-order valence-corrected chi connectivity index (χ4v) is 0.830. The molecule has 0 nitrogen and oxygen atoms in total. The highest BCUT2D eigenvalue weighted by atomic mass is 13.9. The molecule has 0 bridgehead atoms. The van der Waals surface area contributed by atoms with Gasteiger partial charge in [0.2, 0.25) is 0 Å². The topological polar surface area (TPSA) is 0 Å². The summed E-state index contributed by atoms with van der Waals surface area (Å²) in [6, 6.07) is 0. The van der Waals surface area contributed by atoms with Gasteiger partial charge < -0.3 is 0 Å². The molecule has 0 unspecified atom stereocenters. The molecule has 0 aliphatic carbocycles. The summed E-state index contributed by atoms with van der Waals surface area (Å²) in [5, 5.41) is 0. The SMILES string of the molecule is C=C/C=C\C=C/CCCCC. The van der Waals surface area contributed by atoms with Gasteiger partial charge in [0.25, 0.3) is 0 Å². The maximum absolute atomic E-state index is 3.59. The first kappa shape index (κ1) is 10.2. The van der Waals surface area contributed by atoms with Crippen LogP contribution in [0.1, 0.15) is 32.6 Å². The maximum atomic E-state index is 3.59. The molecule has 0 atom stereocenters. The highest BCUT2D eigenvalue weighted by Gasteiger charge is 1.79. The molecule has 0 aromatic rings. The van der Waals surface area contributed by atoms with E-state index < -0.39 is 0 Å². The Kier molecular flexibility index (Phi) is 8.57. The van der Waals surface area contributed by atoms with Crippen LogP contribution in [-0.4, -0.2) is 0 Å². The molecule has 0 rings (SSSR count). The Morgan fingerprint density at radius 3 is 2.55 bits per heavy atom. The highest BCUT2D eigenvalue weighted by Crippen LogP contribution is 1.99. The van der Waals surface area contributed by atoms with Crippen molar-refractivity contribution in [2.24, 2.45) is 0 Å². The molecule has 0 aliphatic heterocycles. The number of rotatable bonds is 6. The molecule has 62 valence electrons. The van der Waals surface area contributed by atoms with Gasteiger partial charge >= 0.3 is 0 Å². The summed E-state index contributed by atoms with van der Waals surface area (Å²) in [5.74, 6) is 0. The van der Waals surface area contributed by atoms with E-state index >= 15 is 0 Å². The second-order valence-electron chi connectivity index (χ2n) is 2.54. The van der Waals surface area contributed by atoms with Crippen LogP contribution >= 0.6 is 0 Å². The Morgan fingerprint density at radius 2 is 1.91 bits per heavy atom. The second-order valence-corrected chi connectivity index (χ2v) is 2.54. The Bertz CT molecular complexity index is 129. The van der Waals surface area contributed by atoms with Gasteiger partial charge in [-0.1, -0.05) is 56.7 Å². The predicted molar refractivity (Wildman–Crippen MR) is 52.6 cm³/mol. The number of hydrogen-bond donors (Lipinski definition) is 0. The Morgan fingerprint density at radius 1 is 1.09 bits per heavy atom. The molecule has 0 spiro atoms. The van der Waals surface area contributed by atoms with Crippen LogP contribution in [-0.2, 0) is 0 Å². The van der Waals surface area contributed by atoms with Crippen molar-refractivity contribution in [3.8, 4) is 0 Å². The molecule has 0 aromatic carbocycles. The standard InChI is InChI=1S/C11H18/c1-3-5-7-9-11-10-8-6-4-2/h3,5,7,9,11H,1,4,6,8,10H2,2H3/b7-5-,11-9-. The fourth-order valence-electron chi connectivity index (χ4n) is 0.830. The zero-order chi connectivity index (χ0) is 8.36. The monoisotopic (exact) mass is 150 g/mol. The van der Waals surface area contributed by atoms with Crippen molar-refractivity contribution >= 4 is 0 Å². The molecule has 0 radical (unpaired) electrons. The van der Waals surface area contributed by atoms with Gasteiger partial charge in [-0.15, -0.1) is 0 Å². The minimum Gasteiger partial charge on any atom is -0.0991 e. The molecule has 11 heavy (non-hydrogen) atoms. The lowest BCUT2D eigenvalue weighted by atomic mass is 10.2. The van der Waals surface area contributed by atoms with Crippen LogP contribution in [0.4, 0.5) is 0 Å². The summed E-state index contributed by atoms with van der Waals surface area (Å²) in [6.45, 7) is 5.81. The van der Waals surface area contributed by atoms with Crippen LogP contribution in [0, 0.1) is 0 Å². The molecule has 0 aromatic heterocycles. The van der Waals surface area contributed by atoms with E-state index in [4.69, 9.17) is 0 Å². The van der Waals surface area contributed by atoms with E-state index in [1.165, 1.54) is 25.7 Å². The van der Waals surface area contributed by atoms with Gasteiger partial charge in [0.1, 0.15) is 0 Å². The van der Waals surface area contributed by atoms with Gasteiger partial charge in [0, 0.05) is 0 Å². The summed E-state index contributed by atoms with van der Waals surface area (Å²) in [6.07, 6.45) is 15.2. The smallest absolute Gasteiger partial charge is 0.0348 e. The number of allylic oxidation sites excluding steroid dienone is 5. The quantitative estimate of drug-likeness (QED) is 0.398. The van der Waals surface area contributed by atoms with E-state index in [9.17, 15) is 0 Å². The van der Waals surface area contributed by atoms with Crippen LogP contribution in [0.15, 0.2) is 37.0 Å². The van der Waals surface area contributed by atoms with Gasteiger partial charge in [0.05, 0.1) is 0 Å². The Balaban J connectivity index is 3.15. The van der Waals surface area contributed by atoms with Crippen molar-refractivity contribution in [2.75, 3.05) is 0 Å². The van der Waals surface area contributed by atoms with Crippen molar-refractivity contribution in [2.45, 2.75) is 32.6 Å². The van der Waals surface area contributed by atoms with E-state index in [2.05, 4.69) is 25.7 Å². The van der Waals surface area contributed by atoms with Crippen molar-refractivity contribution in [3.05, 3.63) is 37.0 Å². The van der Waals surface area contributed by atoms with Crippen LogP contribution in [0.25, 0.3) is 0 Å².